The zero-order valence-electron chi connectivity index (χ0n) is 9.28. The Morgan fingerprint density at radius 3 is 3.00 bits per heavy atom. The van der Waals surface area contributed by atoms with Crippen LogP contribution in [0.2, 0.25) is 0 Å². The number of nitrogens with two attached hydrogens (primary N) is 1. The van der Waals surface area contributed by atoms with Crippen molar-refractivity contribution in [1.29, 1.82) is 0 Å². The van der Waals surface area contributed by atoms with Crippen molar-refractivity contribution in [2.45, 2.75) is 12.8 Å². The molecule has 0 aliphatic carbocycles. The van der Waals surface area contributed by atoms with Crippen LogP contribution in [0.25, 0.3) is 0 Å². The average molecular weight is 235 g/mol. The molecule has 0 saturated heterocycles. The Kier molecular flexibility index (Phi) is 3.54. The van der Waals surface area contributed by atoms with Crippen LogP contribution in [0.4, 0.5) is 15.8 Å². The fourth-order valence-corrected chi connectivity index (χ4v) is 1.50. The van der Waals surface area contributed by atoms with E-state index in [1.807, 2.05) is 0 Å². The predicted molar refractivity (Wildman–Crippen MR) is 64.0 cm³/mol. The van der Waals surface area contributed by atoms with Crippen molar-refractivity contribution >= 4 is 11.4 Å². The van der Waals surface area contributed by atoms with Crippen LogP contribution in [0.1, 0.15) is 12.2 Å². The lowest BCUT2D eigenvalue weighted by Gasteiger charge is -2.07. The first-order valence-electron chi connectivity index (χ1n) is 5.39. The van der Waals surface area contributed by atoms with Crippen molar-refractivity contribution in [1.82, 2.24) is 15.2 Å². The number of aromatic amines is 1. The molecule has 0 saturated carbocycles. The first-order valence-corrected chi connectivity index (χ1v) is 5.39. The number of nitrogens with one attached hydrogen (secondary N) is 2. The first-order chi connectivity index (χ1) is 8.25. The summed E-state index contributed by atoms with van der Waals surface area (Å²) in [5.74, 6) is 0.509. The molecule has 5 nitrogen and oxygen atoms in total. The van der Waals surface area contributed by atoms with Gasteiger partial charge >= 0.3 is 0 Å². The molecule has 90 valence electrons. The van der Waals surface area contributed by atoms with Gasteiger partial charge in [0, 0.05) is 18.7 Å². The van der Waals surface area contributed by atoms with E-state index in [1.165, 1.54) is 12.4 Å². The minimum absolute atomic E-state index is 0.329. The summed E-state index contributed by atoms with van der Waals surface area (Å²) in [5.41, 5.74) is 6.35. The van der Waals surface area contributed by atoms with E-state index in [-0.39, 0.29) is 5.82 Å². The third-order valence-corrected chi connectivity index (χ3v) is 2.36. The van der Waals surface area contributed by atoms with Gasteiger partial charge in [0.25, 0.3) is 0 Å². The van der Waals surface area contributed by atoms with Crippen LogP contribution in [0.3, 0.4) is 0 Å². The molecule has 0 spiro atoms. The Bertz CT molecular complexity index is 469. The predicted octanol–water partition coefficient (Wildman–Crippen LogP) is 1.57. The van der Waals surface area contributed by atoms with E-state index in [2.05, 4.69) is 20.5 Å². The van der Waals surface area contributed by atoms with Crippen LogP contribution in [0, 0.1) is 5.82 Å². The highest BCUT2D eigenvalue weighted by Gasteiger charge is 2.01. The molecule has 0 fully saturated rings. The number of aromatic nitrogens is 3. The molecule has 1 aromatic carbocycles. The summed E-state index contributed by atoms with van der Waals surface area (Å²) in [6.45, 7) is 0.668. The number of hydrogen-bond acceptors (Lipinski definition) is 4. The summed E-state index contributed by atoms with van der Waals surface area (Å²) >= 11 is 0. The zero-order valence-corrected chi connectivity index (χ0v) is 9.28. The van der Waals surface area contributed by atoms with Gasteiger partial charge in [0.05, 0.1) is 5.69 Å². The van der Waals surface area contributed by atoms with Gasteiger partial charge in [-0.2, -0.15) is 5.10 Å². The summed E-state index contributed by atoms with van der Waals surface area (Å²) in [4.78, 5) is 4.00. The van der Waals surface area contributed by atoms with Crippen LogP contribution in [0.5, 0.6) is 0 Å². The molecule has 0 aliphatic rings. The van der Waals surface area contributed by atoms with Crippen molar-refractivity contribution in [3.63, 3.8) is 0 Å². The molecular formula is C11H14FN5. The summed E-state index contributed by atoms with van der Waals surface area (Å²) in [5, 5.41) is 9.54. The Labute approximate surface area is 98.3 Å². The highest BCUT2D eigenvalue weighted by Crippen LogP contribution is 2.16. The summed E-state index contributed by atoms with van der Waals surface area (Å²) < 4.78 is 13.4. The third kappa shape index (κ3) is 3.17. The number of benzene rings is 1. The van der Waals surface area contributed by atoms with E-state index >= 15 is 0 Å². The number of nitrogen functional groups attached to an aromatic ring is 1. The van der Waals surface area contributed by atoms with Crippen molar-refractivity contribution in [2.75, 3.05) is 17.6 Å². The molecule has 0 radical (unpaired) electrons. The second-order valence-corrected chi connectivity index (χ2v) is 3.70. The van der Waals surface area contributed by atoms with Gasteiger partial charge in [0.1, 0.15) is 18.0 Å². The van der Waals surface area contributed by atoms with E-state index in [4.69, 9.17) is 5.73 Å². The number of hydrogen-bond donors (Lipinski definition) is 3. The topological polar surface area (TPSA) is 79.6 Å². The lowest BCUT2D eigenvalue weighted by atomic mass is 10.2. The molecule has 0 aliphatic heterocycles. The van der Waals surface area contributed by atoms with Gasteiger partial charge in [-0.05, 0) is 24.6 Å². The van der Waals surface area contributed by atoms with Gasteiger partial charge < -0.3 is 11.1 Å². The Balaban J connectivity index is 1.78. The Morgan fingerprint density at radius 1 is 1.41 bits per heavy atom. The highest BCUT2D eigenvalue weighted by atomic mass is 19.1. The average Bonchev–Trinajstić information content (AvgIpc) is 2.79. The molecule has 0 bridgehead atoms. The van der Waals surface area contributed by atoms with Crippen molar-refractivity contribution < 1.29 is 4.39 Å². The SMILES string of the molecule is Nc1ccc(NCCCc2ncn[nH]2)c(F)c1. The van der Waals surface area contributed by atoms with Gasteiger partial charge in [-0.3, -0.25) is 5.10 Å². The van der Waals surface area contributed by atoms with E-state index in [0.717, 1.165) is 18.7 Å². The maximum atomic E-state index is 13.4. The number of H-pyrrole nitrogens is 1. The minimum atomic E-state index is -0.329. The quantitative estimate of drug-likeness (QED) is 0.543. The maximum absolute atomic E-state index is 13.4. The molecular weight excluding hydrogens is 221 g/mol. The summed E-state index contributed by atoms with van der Waals surface area (Å²) in [6, 6.07) is 4.61. The third-order valence-electron chi connectivity index (χ3n) is 2.36. The Morgan fingerprint density at radius 2 is 2.29 bits per heavy atom. The number of halogens is 1. The largest absolute Gasteiger partial charge is 0.399 e. The smallest absolute Gasteiger partial charge is 0.148 e. The molecule has 17 heavy (non-hydrogen) atoms. The number of anilines is 2. The van der Waals surface area contributed by atoms with Gasteiger partial charge in [-0.1, -0.05) is 0 Å². The minimum Gasteiger partial charge on any atom is -0.399 e. The lowest BCUT2D eigenvalue weighted by molar-refractivity contribution is 0.630. The number of nitrogens with zero attached hydrogens (tertiary/aromatic N) is 2. The van der Waals surface area contributed by atoms with Gasteiger partial charge in [0.15, 0.2) is 0 Å². The maximum Gasteiger partial charge on any atom is 0.148 e. The molecule has 0 atom stereocenters. The molecule has 4 N–H and O–H groups in total. The number of rotatable bonds is 5. The fraction of sp³-hybridized carbons (Fsp3) is 0.273. The van der Waals surface area contributed by atoms with E-state index in [9.17, 15) is 4.39 Å². The second-order valence-electron chi connectivity index (χ2n) is 3.70. The normalized spacial score (nSPS) is 10.4. The van der Waals surface area contributed by atoms with Crippen LogP contribution >= 0.6 is 0 Å². The standard InChI is InChI=1S/C11H14FN5/c12-9-6-8(13)3-4-10(9)14-5-1-2-11-15-7-16-17-11/h3-4,6-7,14H,1-2,5,13H2,(H,15,16,17). The van der Waals surface area contributed by atoms with Gasteiger partial charge in [-0.15, -0.1) is 0 Å². The molecule has 2 rings (SSSR count). The molecule has 0 amide bonds. The molecule has 6 heteroatoms. The van der Waals surface area contributed by atoms with Crippen molar-refractivity contribution in [3.05, 3.63) is 36.2 Å². The van der Waals surface area contributed by atoms with Crippen LogP contribution in [0.15, 0.2) is 24.5 Å². The molecule has 1 aromatic heterocycles. The first kappa shape index (κ1) is 11.4. The van der Waals surface area contributed by atoms with Gasteiger partial charge in [0.2, 0.25) is 0 Å². The number of aryl methyl sites for hydroxylation is 1. The fourth-order valence-electron chi connectivity index (χ4n) is 1.50. The van der Waals surface area contributed by atoms with Gasteiger partial charge in [-0.25, -0.2) is 9.37 Å². The van der Waals surface area contributed by atoms with E-state index in [1.54, 1.807) is 12.1 Å². The molecule has 1 heterocycles. The second kappa shape index (κ2) is 5.29. The van der Waals surface area contributed by atoms with Crippen LogP contribution in [-0.2, 0) is 6.42 Å². The lowest BCUT2D eigenvalue weighted by Crippen LogP contribution is -2.05. The molecule has 2 aromatic rings. The monoisotopic (exact) mass is 235 g/mol. The van der Waals surface area contributed by atoms with Crippen molar-refractivity contribution in [2.24, 2.45) is 0 Å². The summed E-state index contributed by atoms with van der Waals surface area (Å²) in [6.07, 6.45) is 3.10. The highest BCUT2D eigenvalue weighted by molar-refractivity contribution is 5.52. The van der Waals surface area contributed by atoms with E-state index in [0.29, 0.717) is 17.9 Å². The van der Waals surface area contributed by atoms with Crippen LogP contribution in [-0.4, -0.2) is 21.7 Å². The van der Waals surface area contributed by atoms with Crippen molar-refractivity contribution in [3.8, 4) is 0 Å². The Hall–Kier alpha value is -2.11. The molecule has 0 unspecified atom stereocenters. The van der Waals surface area contributed by atoms with E-state index < -0.39 is 0 Å². The summed E-state index contributed by atoms with van der Waals surface area (Å²) in [7, 11) is 0. The van der Waals surface area contributed by atoms with Crippen LogP contribution < -0.4 is 11.1 Å². The zero-order chi connectivity index (χ0) is 12.1.